The molecule has 0 bridgehead atoms. The molecule has 0 spiro atoms. The first-order valence-corrected chi connectivity index (χ1v) is 10.6. The van der Waals surface area contributed by atoms with Gasteiger partial charge in [0.25, 0.3) is 0 Å². The van der Waals surface area contributed by atoms with Gasteiger partial charge in [-0.3, -0.25) is 0 Å². The number of nitriles is 1. The number of rotatable bonds is 4. The first kappa shape index (κ1) is 19.0. The molecule has 0 radical (unpaired) electrons. The van der Waals surface area contributed by atoms with E-state index in [4.69, 9.17) is 4.52 Å². The van der Waals surface area contributed by atoms with Gasteiger partial charge in [-0.2, -0.15) is 10.2 Å². The Bertz CT molecular complexity index is 1020. The molecule has 1 aromatic carbocycles. The van der Waals surface area contributed by atoms with Crippen molar-refractivity contribution in [3.63, 3.8) is 0 Å². The molecule has 8 heteroatoms. The average Bonchev–Trinajstić information content (AvgIpc) is 3.67. The van der Waals surface area contributed by atoms with E-state index in [0.29, 0.717) is 61.2 Å². The number of para-hydroxylation sites is 1. The van der Waals surface area contributed by atoms with Crippen molar-refractivity contribution in [3.05, 3.63) is 41.0 Å². The van der Waals surface area contributed by atoms with Gasteiger partial charge >= 0.3 is 6.03 Å². The van der Waals surface area contributed by atoms with Gasteiger partial charge in [0.2, 0.25) is 5.89 Å². The third-order valence-electron chi connectivity index (χ3n) is 6.63. The minimum absolute atomic E-state index is 0.186. The summed E-state index contributed by atoms with van der Waals surface area (Å²) >= 11 is 0. The quantitative estimate of drug-likeness (QED) is 0.815. The molecule has 1 aromatic heterocycles. The van der Waals surface area contributed by atoms with E-state index in [9.17, 15) is 14.4 Å². The zero-order valence-corrected chi connectivity index (χ0v) is 16.9. The summed E-state index contributed by atoms with van der Waals surface area (Å²) in [5.41, 5.74) is 1.90. The molecule has 2 heterocycles. The SMILES string of the molecule is CC1(c2noc([C@@H]3C[C@@H]3F)n2)CCN(C(=O)Nc2c(C#N)cccc2C2CC2)CC1. The van der Waals surface area contributed by atoms with Crippen molar-refractivity contribution in [2.45, 2.75) is 62.5 Å². The Morgan fingerprint density at radius 1 is 1.37 bits per heavy atom. The number of alkyl halides is 1. The lowest BCUT2D eigenvalue weighted by molar-refractivity contribution is 0.169. The standard InChI is InChI=1S/C22H24FN5O2/c1-22(20-26-19(30-27-20)16-11-17(16)23)7-9-28(10-8-22)21(29)25-18-14(12-24)3-2-4-15(18)13-5-6-13/h2-4,13,16-17H,5-11H2,1H3,(H,25,29)/t16-,17+/m1/s1. The van der Waals surface area contributed by atoms with Crippen molar-refractivity contribution in [2.24, 2.45) is 0 Å². The summed E-state index contributed by atoms with van der Waals surface area (Å²) in [5, 5.41) is 16.6. The number of halogens is 1. The topological polar surface area (TPSA) is 95.1 Å². The molecule has 2 amide bonds. The second kappa shape index (κ2) is 7.08. The minimum atomic E-state index is -0.867. The minimum Gasteiger partial charge on any atom is -0.339 e. The van der Waals surface area contributed by atoms with E-state index >= 15 is 0 Å². The highest BCUT2D eigenvalue weighted by molar-refractivity contribution is 5.92. The van der Waals surface area contributed by atoms with Crippen LogP contribution in [0.1, 0.15) is 73.7 Å². The number of hydrogen-bond donors (Lipinski definition) is 1. The molecule has 0 unspecified atom stereocenters. The summed E-state index contributed by atoms with van der Waals surface area (Å²) in [7, 11) is 0. The molecule has 2 atom stereocenters. The molecule has 156 valence electrons. The van der Waals surface area contributed by atoms with Crippen LogP contribution in [0.4, 0.5) is 14.9 Å². The van der Waals surface area contributed by atoms with Gasteiger partial charge in [-0.15, -0.1) is 0 Å². The molecule has 1 N–H and O–H groups in total. The maximum absolute atomic E-state index is 13.3. The second-order valence-electron chi connectivity index (χ2n) is 8.95. The summed E-state index contributed by atoms with van der Waals surface area (Å²) in [6, 6.07) is 7.62. The fourth-order valence-corrected chi connectivity index (χ4v) is 4.20. The Morgan fingerprint density at radius 3 is 2.73 bits per heavy atom. The number of hydrogen-bond acceptors (Lipinski definition) is 5. The molecule has 1 aliphatic heterocycles. The summed E-state index contributed by atoms with van der Waals surface area (Å²) in [5.74, 6) is 1.17. The molecular weight excluding hydrogens is 385 g/mol. The second-order valence-corrected chi connectivity index (χ2v) is 8.95. The predicted molar refractivity (Wildman–Crippen MR) is 107 cm³/mol. The fraction of sp³-hybridized carbons (Fsp3) is 0.545. The Hall–Kier alpha value is -2.95. The lowest BCUT2D eigenvalue weighted by atomic mass is 9.80. The maximum atomic E-state index is 13.3. The van der Waals surface area contributed by atoms with E-state index in [1.165, 1.54) is 0 Å². The van der Waals surface area contributed by atoms with Crippen molar-refractivity contribution >= 4 is 11.7 Å². The van der Waals surface area contributed by atoms with Gasteiger partial charge in [0, 0.05) is 18.5 Å². The molecule has 2 aliphatic carbocycles. The number of anilines is 1. The predicted octanol–water partition coefficient (Wildman–Crippen LogP) is 4.23. The van der Waals surface area contributed by atoms with E-state index in [2.05, 4.69) is 28.5 Å². The van der Waals surface area contributed by atoms with Crippen LogP contribution in [-0.2, 0) is 5.41 Å². The van der Waals surface area contributed by atoms with Gasteiger partial charge in [-0.1, -0.05) is 24.2 Å². The number of benzene rings is 1. The van der Waals surface area contributed by atoms with Gasteiger partial charge in [0.15, 0.2) is 5.82 Å². The van der Waals surface area contributed by atoms with E-state index < -0.39 is 6.17 Å². The zero-order chi connectivity index (χ0) is 20.9. The van der Waals surface area contributed by atoms with E-state index in [1.807, 2.05) is 12.1 Å². The number of carbonyl (C=O) groups is 1. The molecule has 7 nitrogen and oxygen atoms in total. The number of aromatic nitrogens is 2. The highest BCUT2D eigenvalue weighted by atomic mass is 19.1. The number of piperidine rings is 1. The molecule has 3 fully saturated rings. The van der Waals surface area contributed by atoms with Crippen LogP contribution < -0.4 is 5.32 Å². The molecule has 1 saturated heterocycles. The summed E-state index contributed by atoms with van der Waals surface area (Å²) in [6.45, 7) is 3.16. The number of likely N-dealkylation sites (tertiary alicyclic amines) is 1. The normalized spacial score (nSPS) is 24.9. The fourth-order valence-electron chi connectivity index (χ4n) is 4.20. The highest BCUT2D eigenvalue weighted by Gasteiger charge is 2.45. The van der Waals surface area contributed by atoms with E-state index in [-0.39, 0.29) is 17.4 Å². The molecule has 5 rings (SSSR count). The molecule has 2 aromatic rings. The summed E-state index contributed by atoms with van der Waals surface area (Å²) < 4.78 is 18.5. The highest BCUT2D eigenvalue weighted by Crippen LogP contribution is 2.45. The smallest absolute Gasteiger partial charge is 0.321 e. The number of nitrogens with zero attached hydrogens (tertiary/aromatic N) is 4. The van der Waals surface area contributed by atoms with Gasteiger partial charge in [-0.25, -0.2) is 9.18 Å². The van der Waals surface area contributed by atoms with Crippen molar-refractivity contribution in [3.8, 4) is 6.07 Å². The first-order valence-electron chi connectivity index (χ1n) is 10.6. The van der Waals surface area contributed by atoms with Crippen LogP contribution in [0.15, 0.2) is 22.7 Å². The Labute approximate surface area is 174 Å². The van der Waals surface area contributed by atoms with Crippen molar-refractivity contribution in [2.75, 3.05) is 18.4 Å². The van der Waals surface area contributed by atoms with Crippen LogP contribution in [0.25, 0.3) is 0 Å². The van der Waals surface area contributed by atoms with Crippen LogP contribution in [0.5, 0.6) is 0 Å². The van der Waals surface area contributed by atoms with Gasteiger partial charge in [-0.05, 0) is 49.7 Å². The van der Waals surface area contributed by atoms with Gasteiger partial charge in [0.05, 0.1) is 17.2 Å². The first-order chi connectivity index (χ1) is 14.5. The van der Waals surface area contributed by atoms with Crippen molar-refractivity contribution in [1.29, 1.82) is 5.26 Å². The lowest BCUT2D eigenvalue weighted by Crippen LogP contribution is -2.46. The number of urea groups is 1. The van der Waals surface area contributed by atoms with Gasteiger partial charge < -0.3 is 14.7 Å². The van der Waals surface area contributed by atoms with Gasteiger partial charge in [0.1, 0.15) is 12.2 Å². The molecule has 3 aliphatic rings. The third-order valence-corrected chi connectivity index (χ3v) is 6.63. The monoisotopic (exact) mass is 409 g/mol. The van der Waals surface area contributed by atoms with E-state index in [1.54, 1.807) is 11.0 Å². The summed E-state index contributed by atoms with van der Waals surface area (Å²) in [6.07, 6.45) is 3.16. The third kappa shape index (κ3) is 3.42. The van der Waals surface area contributed by atoms with Crippen molar-refractivity contribution in [1.82, 2.24) is 15.0 Å². The number of carbonyl (C=O) groups excluding carboxylic acids is 1. The average molecular weight is 409 g/mol. The molecule has 2 saturated carbocycles. The van der Waals surface area contributed by atoms with Crippen molar-refractivity contribution < 1.29 is 13.7 Å². The molecule has 30 heavy (non-hydrogen) atoms. The Balaban J connectivity index is 1.25. The maximum Gasteiger partial charge on any atom is 0.321 e. The lowest BCUT2D eigenvalue weighted by Gasteiger charge is -2.37. The van der Waals surface area contributed by atoms with Crippen LogP contribution in [0, 0.1) is 11.3 Å². The largest absolute Gasteiger partial charge is 0.339 e. The van der Waals surface area contributed by atoms with Crippen LogP contribution >= 0.6 is 0 Å². The number of nitrogens with one attached hydrogen (secondary N) is 1. The van der Waals surface area contributed by atoms with Crippen LogP contribution in [0.2, 0.25) is 0 Å². The van der Waals surface area contributed by atoms with E-state index in [0.717, 1.165) is 18.4 Å². The Kier molecular flexibility index (Phi) is 4.49. The molecular formula is C22H24FN5O2. The van der Waals surface area contributed by atoms with Crippen LogP contribution in [-0.4, -0.2) is 40.3 Å². The zero-order valence-electron chi connectivity index (χ0n) is 16.9. The van der Waals surface area contributed by atoms with Crippen LogP contribution in [0.3, 0.4) is 0 Å². The summed E-state index contributed by atoms with van der Waals surface area (Å²) in [4.78, 5) is 19.1. The number of amides is 2. The Morgan fingerprint density at radius 2 is 2.10 bits per heavy atom.